The summed E-state index contributed by atoms with van der Waals surface area (Å²) in [4.78, 5) is 14.1. The van der Waals surface area contributed by atoms with Gasteiger partial charge in [-0.15, -0.1) is 0 Å². The smallest absolute Gasteiger partial charge is 0.211 e. The lowest BCUT2D eigenvalue weighted by Gasteiger charge is -2.34. The van der Waals surface area contributed by atoms with Crippen molar-refractivity contribution in [2.45, 2.75) is 36.7 Å². The van der Waals surface area contributed by atoms with E-state index in [9.17, 15) is 13.2 Å². The molecule has 21 heavy (non-hydrogen) atoms. The van der Waals surface area contributed by atoms with Crippen LogP contribution < -0.4 is 0 Å². The zero-order chi connectivity index (χ0) is 15.5. The van der Waals surface area contributed by atoms with Crippen LogP contribution >= 0.6 is 0 Å². The van der Waals surface area contributed by atoms with Gasteiger partial charge in [0.1, 0.15) is 0 Å². The Kier molecular flexibility index (Phi) is 4.53. The maximum Gasteiger partial charge on any atom is 0.243 e. The van der Waals surface area contributed by atoms with E-state index in [2.05, 4.69) is 4.99 Å². The molecule has 110 valence electrons. The van der Waals surface area contributed by atoms with Crippen LogP contribution in [0.2, 0.25) is 0 Å². The van der Waals surface area contributed by atoms with Gasteiger partial charge in [-0.25, -0.2) is 18.2 Å². The normalized spacial score (nSPS) is 23.0. The summed E-state index contributed by atoms with van der Waals surface area (Å²) < 4.78 is 26.6. The minimum Gasteiger partial charge on any atom is -0.211 e. The van der Waals surface area contributed by atoms with Crippen molar-refractivity contribution in [3.63, 3.8) is 0 Å². The van der Waals surface area contributed by atoms with Gasteiger partial charge in [0.25, 0.3) is 0 Å². The average Bonchev–Trinajstić information content (AvgIpc) is 2.47. The molecule has 0 spiro atoms. The van der Waals surface area contributed by atoms with Crippen LogP contribution in [0.5, 0.6) is 0 Å². The van der Waals surface area contributed by atoms with Gasteiger partial charge in [0.15, 0.2) is 0 Å². The molecule has 1 aliphatic heterocycles. The van der Waals surface area contributed by atoms with Crippen molar-refractivity contribution in [3.8, 4) is 6.07 Å². The molecular formula is C14H15N3O3S. The van der Waals surface area contributed by atoms with Crippen molar-refractivity contribution < 1.29 is 13.2 Å². The molecule has 1 aromatic rings. The molecule has 0 saturated carbocycles. The second-order valence-electron chi connectivity index (χ2n) is 5.00. The Hall–Kier alpha value is -2.00. The first-order valence-corrected chi connectivity index (χ1v) is 8.02. The fraction of sp³-hybridized carbons (Fsp3) is 0.429. The third-order valence-electron chi connectivity index (χ3n) is 3.61. The van der Waals surface area contributed by atoms with Gasteiger partial charge in [-0.3, -0.25) is 0 Å². The van der Waals surface area contributed by atoms with Gasteiger partial charge >= 0.3 is 0 Å². The van der Waals surface area contributed by atoms with Crippen LogP contribution in [0.4, 0.5) is 0 Å². The molecule has 0 amide bonds. The highest BCUT2D eigenvalue weighted by molar-refractivity contribution is 7.89. The maximum atomic E-state index is 12.6. The van der Waals surface area contributed by atoms with E-state index in [0.717, 1.165) is 0 Å². The van der Waals surface area contributed by atoms with Gasteiger partial charge in [-0.2, -0.15) is 9.57 Å². The summed E-state index contributed by atoms with van der Waals surface area (Å²) in [6.07, 6.45) is 2.55. The number of nitrogens with zero attached hydrogens (tertiary/aromatic N) is 3. The number of nitriles is 1. The van der Waals surface area contributed by atoms with E-state index < -0.39 is 10.0 Å². The number of hydrogen-bond acceptors (Lipinski definition) is 5. The molecule has 7 heteroatoms. The summed E-state index contributed by atoms with van der Waals surface area (Å²) in [5.41, 5.74) is 0.418. The number of benzene rings is 1. The zero-order valence-corrected chi connectivity index (χ0v) is 12.4. The van der Waals surface area contributed by atoms with Crippen LogP contribution in [0.25, 0.3) is 0 Å². The molecule has 2 atom stereocenters. The first-order chi connectivity index (χ1) is 9.98. The molecule has 0 bridgehead atoms. The molecule has 0 aromatic heterocycles. The van der Waals surface area contributed by atoms with Crippen LogP contribution in [0.15, 0.2) is 34.2 Å². The number of isocyanates is 1. The summed E-state index contributed by atoms with van der Waals surface area (Å²) >= 11 is 0. The molecule has 1 heterocycles. The lowest BCUT2D eigenvalue weighted by atomic mass is 10.0. The number of piperidine rings is 1. The molecule has 1 aliphatic rings. The minimum atomic E-state index is -3.59. The fourth-order valence-corrected chi connectivity index (χ4v) is 4.17. The van der Waals surface area contributed by atoms with E-state index in [0.29, 0.717) is 24.9 Å². The Bertz CT molecular complexity index is 700. The van der Waals surface area contributed by atoms with Crippen molar-refractivity contribution in [2.24, 2.45) is 4.99 Å². The molecular weight excluding hydrogens is 290 g/mol. The van der Waals surface area contributed by atoms with Gasteiger partial charge < -0.3 is 0 Å². The number of hydrogen-bond donors (Lipinski definition) is 0. The largest absolute Gasteiger partial charge is 0.243 e. The number of rotatable bonds is 3. The third-order valence-corrected chi connectivity index (χ3v) is 5.64. The Morgan fingerprint density at radius 3 is 2.52 bits per heavy atom. The summed E-state index contributed by atoms with van der Waals surface area (Å²) in [5.74, 6) is 0. The summed E-state index contributed by atoms with van der Waals surface area (Å²) in [6, 6.07) is 7.42. The van der Waals surface area contributed by atoms with Crippen molar-refractivity contribution in [3.05, 3.63) is 29.8 Å². The van der Waals surface area contributed by atoms with Crippen molar-refractivity contribution in [1.29, 1.82) is 5.26 Å². The molecule has 1 saturated heterocycles. The van der Waals surface area contributed by atoms with E-state index in [-0.39, 0.29) is 17.0 Å². The highest BCUT2D eigenvalue weighted by Gasteiger charge is 2.34. The van der Waals surface area contributed by atoms with Crippen molar-refractivity contribution in [1.82, 2.24) is 4.31 Å². The quantitative estimate of drug-likeness (QED) is 0.624. The Labute approximate surface area is 123 Å². The van der Waals surface area contributed by atoms with Gasteiger partial charge in [0.2, 0.25) is 16.1 Å². The molecule has 6 nitrogen and oxygen atoms in total. The monoisotopic (exact) mass is 305 g/mol. The van der Waals surface area contributed by atoms with Gasteiger partial charge in [-0.1, -0.05) is 0 Å². The lowest BCUT2D eigenvalue weighted by Crippen LogP contribution is -2.45. The number of aliphatic imine (C=N–C) groups is 1. The summed E-state index contributed by atoms with van der Waals surface area (Å²) in [6.45, 7) is 2.12. The number of carbonyl (C=O) groups excluding carboxylic acids is 1. The van der Waals surface area contributed by atoms with E-state index in [1.807, 2.05) is 6.07 Å². The topological polar surface area (TPSA) is 90.6 Å². The van der Waals surface area contributed by atoms with Crippen LogP contribution in [-0.2, 0) is 14.8 Å². The van der Waals surface area contributed by atoms with E-state index in [1.165, 1.54) is 34.7 Å². The number of sulfonamides is 1. The molecule has 0 N–H and O–H groups in total. The second kappa shape index (κ2) is 6.19. The molecule has 0 aliphatic carbocycles. The van der Waals surface area contributed by atoms with Crippen LogP contribution in [0.1, 0.15) is 25.3 Å². The van der Waals surface area contributed by atoms with Gasteiger partial charge in [-0.05, 0) is 44.0 Å². The molecule has 0 radical (unpaired) electrons. The predicted molar refractivity (Wildman–Crippen MR) is 75.7 cm³/mol. The summed E-state index contributed by atoms with van der Waals surface area (Å²) in [7, 11) is -3.59. The van der Waals surface area contributed by atoms with E-state index >= 15 is 0 Å². The van der Waals surface area contributed by atoms with Crippen molar-refractivity contribution in [2.75, 3.05) is 6.54 Å². The SMILES string of the molecule is CC1CC(N=C=O)CCN1S(=O)(=O)c1ccc(C#N)cc1. The second-order valence-corrected chi connectivity index (χ2v) is 6.89. The zero-order valence-electron chi connectivity index (χ0n) is 11.6. The molecule has 2 unspecified atom stereocenters. The highest BCUT2D eigenvalue weighted by Crippen LogP contribution is 2.26. The fourth-order valence-electron chi connectivity index (χ4n) is 2.51. The molecule has 1 fully saturated rings. The first kappa shape index (κ1) is 15.4. The van der Waals surface area contributed by atoms with Crippen molar-refractivity contribution >= 4 is 16.1 Å². The van der Waals surface area contributed by atoms with Crippen LogP contribution in [0.3, 0.4) is 0 Å². The van der Waals surface area contributed by atoms with E-state index in [1.54, 1.807) is 6.92 Å². The van der Waals surface area contributed by atoms with E-state index in [4.69, 9.17) is 5.26 Å². The van der Waals surface area contributed by atoms with Crippen LogP contribution in [-0.4, -0.2) is 37.4 Å². The highest BCUT2D eigenvalue weighted by atomic mass is 32.2. The average molecular weight is 305 g/mol. The van der Waals surface area contributed by atoms with Crippen LogP contribution in [0, 0.1) is 11.3 Å². The Balaban J connectivity index is 2.23. The Morgan fingerprint density at radius 1 is 1.33 bits per heavy atom. The maximum absolute atomic E-state index is 12.6. The standard InChI is InChI=1S/C14H15N3O3S/c1-11-8-13(16-10-18)6-7-17(11)21(19,20)14-4-2-12(9-15)3-5-14/h2-5,11,13H,6-8H2,1H3. The summed E-state index contributed by atoms with van der Waals surface area (Å²) in [5, 5.41) is 8.75. The molecule has 2 rings (SSSR count). The van der Waals surface area contributed by atoms with Gasteiger partial charge in [0.05, 0.1) is 22.6 Å². The predicted octanol–water partition coefficient (Wildman–Crippen LogP) is 1.44. The third kappa shape index (κ3) is 3.19. The lowest BCUT2D eigenvalue weighted by molar-refractivity contribution is 0.248. The Morgan fingerprint density at radius 2 is 2.00 bits per heavy atom. The minimum absolute atomic E-state index is 0.162. The first-order valence-electron chi connectivity index (χ1n) is 6.58. The molecule has 1 aromatic carbocycles. The van der Waals surface area contributed by atoms with Gasteiger partial charge in [0, 0.05) is 12.6 Å².